The normalized spacial score (nSPS) is 13.2. The number of benzene rings is 2. The number of carbonyl (C=O) groups excluding carboxylic acids is 1. The first-order valence-corrected chi connectivity index (χ1v) is 9.72. The molecule has 5 heteroatoms. The van der Waals surface area contributed by atoms with Crippen LogP contribution in [0.4, 0.5) is 5.69 Å². The monoisotopic (exact) mass is 409 g/mol. The maximum Gasteiger partial charge on any atom is 0.163 e. The molecule has 0 bridgehead atoms. The number of nitrogens with zero attached hydrogens (tertiary/aromatic N) is 1. The number of aromatic hydroxyl groups is 1. The molecular weight excluding hydrogens is 374 g/mol. The number of hydrogen-bond donors (Lipinski definition) is 3. The van der Waals surface area contributed by atoms with Crippen LogP contribution in [0.2, 0.25) is 0 Å². The number of anilines is 1. The van der Waals surface area contributed by atoms with Crippen molar-refractivity contribution in [3.63, 3.8) is 0 Å². The second-order valence-electron chi connectivity index (χ2n) is 6.07. The Morgan fingerprint density at radius 2 is 1.73 bits per heavy atom. The van der Waals surface area contributed by atoms with E-state index in [1.165, 1.54) is 0 Å². The van der Waals surface area contributed by atoms with Crippen LogP contribution in [-0.2, 0) is 11.2 Å². The number of phenolic OH excluding ortho intramolecular Hbond substituents is 1. The van der Waals surface area contributed by atoms with Gasteiger partial charge in [0, 0.05) is 30.2 Å². The lowest BCUT2D eigenvalue weighted by atomic mass is 10.1. The Hall–Kier alpha value is -3.34. The van der Waals surface area contributed by atoms with Crippen molar-refractivity contribution in [3.8, 4) is 5.75 Å². The average Bonchev–Trinajstić information content (AvgIpc) is 2.74. The zero-order valence-corrected chi connectivity index (χ0v) is 17.5. The van der Waals surface area contributed by atoms with Crippen LogP contribution in [0.5, 0.6) is 5.75 Å². The highest BCUT2D eigenvalue weighted by molar-refractivity contribution is 5.93. The quantitative estimate of drug-likeness (QED) is 0.582. The van der Waals surface area contributed by atoms with Gasteiger partial charge in [-0.2, -0.15) is 0 Å². The Bertz CT molecular complexity index is 810. The van der Waals surface area contributed by atoms with Crippen molar-refractivity contribution in [2.45, 2.75) is 34.1 Å². The van der Waals surface area contributed by atoms with Crippen molar-refractivity contribution in [2.24, 2.45) is 4.99 Å². The zero-order valence-electron chi connectivity index (χ0n) is 17.5. The molecule has 0 spiro atoms. The molecule has 1 aliphatic heterocycles. The predicted molar refractivity (Wildman–Crippen MR) is 129 cm³/mol. The molecule has 0 fully saturated rings. The molecule has 30 heavy (non-hydrogen) atoms. The lowest BCUT2D eigenvalue weighted by Gasteiger charge is -2.19. The summed E-state index contributed by atoms with van der Waals surface area (Å²) in [6.45, 7) is 7.69. The van der Waals surface area contributed by atoms with Crippen LogP contribution in [0.3, 0.4) is 0 Å². The number of phenols is 1. The molecule has 162 valence electrons. The molecule has 3 rings (SSSR count). The molecule has 0 saturated carbocycles. The molecule has 0 radical (unpaired) electrons. The minimum atomic E-state index is 0. The van der Waals surface area contributed by atoms with E-state index in [9.17, 15) is 9.90 Å². The molecule has 0 amide bonds. The Morgan fingerprint density at radius 1 is 1.13 bits per heavy atom. The number of rotatable bonds is 5. The molecule has 1 aliphatic rings. The van der Waals surface area contributed by atoms with Gasteiger partial charge in [0.15, 0.2) is 5.78 Å². The summed E-state index contributed by atoms with van der Waals surface area (Å²) in [6, 6.07) is 17.0. The zero-order chi connectivity index (χ0) is 21.5. The largest absolute Gasteiger partial charge is 0.508 e. The molecular formula is C25H35N3O2. The summed E-state index contributed by atoms with van der Waals surface area (Å²) < 4.78 is 0. The molecule has 1 heterocycles. The van der Waals surface area contributed by atoms with E-state index >= 15 is 0 Å². The van der Waals surface area contributed by atoms with Crippen molar-refractivity contribution in [2.75, 3.05) is 18.9 Å². The fourth-order valence-corrected chi connectivity index (χ4v) is 2.56. The van der Waals surface area contributed by atoms with E-state index in [2.05, 4.69) is 22.3 Å². The summed E-state index contributed by atoms with van der Waals surface area (Å²) >= 11 is 0. The Morgan fingerprint density at radius 3 is 2.33 bits per heavy atom. The van der Waals surface area contributed by atoms with Crippen LogP contribution < -0.4 is 10.6 Å². The summed E-state index contributed by atoms with van der Waals surface area (Å²) in [6.07, 6.45) is 4.80. The number of para-hydroxylation sites is 1. The topological polar surface area (TPSA) is 73.7 Å². The highest BCUT2D eigenvalue weighted by Gasteiger charge is 2.13. The van der Waals surface area contributed by atoms with Gasteiger partial charge in [0.25, 0.3) is 0 Å². The van der Waals surface area contributed by atoms with Crippen LogP contribution in [0.25, 0.3) is 0 Å². The van der Waals surface area contributed by atoms with E-state index in [0.29, 0.717) is 13.0 Å². The lowest BCUT2D eigenvalue weighted by molar-refractivity contribution is -0.114. The van der Waals surface area contributed by atoms with Gasteiger partial charge in [-0.25, -0.2) is 0 Å². The number of allylic oxidation sites excluding steroid dienone is 3. The maximum atomic E-state index is 11.9. The smallest absolute Gasteiger partial charge is 0.163 e. The molecule has 0 unspecified atom stereocenters. The summed E-state index contributed by atoms with van der Waals surface area (Å²) in [5.74, 6) is 0.366. The highest BCUT2D eigenvalue weighted by Crippen LogP contribution is 2.15. The van der Waals surface area contributed by atoms with E-state index < -0.39 is 0 Å². The summed E-state index contributed by atoms with van der Waals surface area (Å²) in [5, 5.41) is 15.9. The number of nitrogens with one attached hydrogen (secondary N) is 2. The third-order valence-corrected chi connectivity index (χ3v) is 3.80. The van der Waals surface area contributed by atoms with Gasteiger partial charge in [0.2, 0.25) is 0 Å². The van der Waals surface area contributed by atoms with Gasteiger partial charge in [-0.1, -0.05) is 57.7 Å². The molecule has 3 N–H and O–H groups in total. The molecule has 0 aliphatic carbocycles. The third kappa shape index (κ3) is 10.3. The summed E-state index contributed by atoms with van der Waals surface area (Å²) in [5.41, 5.74) is 3.90. The van der Waals surface area contributed by atoms with Crippen molar-refractivity contribution in [3.05, 3.63) is 83.7 Å². The molecule has 0 atom stereocenters. The number of hydrogen-bond acceptors (Lipinski definition) is 5. The molecule has 0 saturated heterocycles. The summed E-state index contributed by atoms with van der Waals surface area (Å²) in [4.78, 5) is 15.2. The first-order chi connectivity index (χ1) is 14.1. The Labute approximate surface area is 181 Å². The van der Waals surface area contributed by atoms with Crippen molar-refractivity contribution in [1.29, 1.82) is 0 Å². The lowest BCUT2D eigenvalue weighted by Crippen LogP contribution is -2.26. The second-order valence-corrected chi connectivity index (χ2v) is 6.07. The highest BCUT2D eigenvalue weighted by atomic mass is 16.3. The average molecular weight is 410 g/mol. The second kappa shape index (κ2) is 15.6. The Balaban J connectivity index is 0.00000129. The van der Waals surface area contributed by atoms with Crippen LogP contribution in [0.1, 0.15) is 33.3 Å². The van der Waals surface area contributed by atoms with Crippen LogP contribution in [-0.4, -0.2) is 31.2 Å². The van der Waals surface area contributed by atoms with Crippen molar-refractivity contribution < 1.29 is 9.90 Å². The fourth-order valence-electron chi connectivity index (χ4n) is 2.56. The van der Waals surface area contributed by atoms with Gasteiger partial charge >= 0.3 is 0 Å². The molecule has 5 nitrogen and oxygen atoms in total. The minimum Gasteiger partial charge on any atom is -0.508 e. The first kappa shape index (κ1) is 26.7. The maximum absolute atomic E-state index is 11.9. The van der Waals surface area contributed by atoms with E-state index in [1.807, 2.05) is 62.4 Å². The summed E-state index contributed by atoms with van der Waals surface area (Å²) in [7, 11) is 1.64. The van der Waals surface area contributed by atoms with Gasteiger partial charge in [0.05, 0.1) is 13.0 Å². The van der Waals surface area contributed by atoms with E-state index in [-0.39, 0.29) is 19.0 Å². The van der Waals surface area contributed by atoms with E-state index in [1.54, 1.807) is 25.3 Å². The third-order valence-electron chi connectivity index (χ3n) is 3.80. The van der Waals surface area contributed by atoms with Crippen molar-refractivity contribution in [1.82, 2.24) is 5.32 Å². The predicted octanol–water partition coefficient (Wildman–Crippen LogP) is 5.36. The SMILES string of the molecule is C.C=NC.CC.O=C1C=C(CNc2ccccc2)N/C(=C/Cc2ccc(O)cc2)C1. The van der Waals surface area contributed by atoms with Crippen LogP contribution in [0.15, 0.2) is 83.1 Å². The van der Waals surface area contributed by atoms with Gasteiger partial charge in [0.1, 0.15) is 5.75 Å². The van der Waals surface area contributed by atoms with Crippen LogP contribution in [0, 0.1) is 0 Å². The van der Waals surface area contributed by atoms with Crippen molar-refractivity contribution >= 4 is 18.2 Å². The van der Waals surface area contributed by atoms with Gasteiger partial charge < -0.3 is 20.7 Å². The minimum absolute atomic E-state index is 0. The van der Waals surface area contributed by atoms with Crippen LogP contribution >= 0.6 is 0 Å². The van der Waals surface area contributed by atoms with Gasteiger partial charge in [-0.05, 0) is 43.0 Å². The number of aliphatic imine (C=N–C) groups is 1. The van der Waals surface area contributed by atoms with Gasteiger partial charge in [-0.15, -0.1) is 0 Å². The number of carbonyl (C=O) groups is 1. The Kier molecular flexibility index (Phi) is 13.8. The van der Waals surface area contributed by atoms with E-state index in [0.717, 1.165) is 29.1 Å². The fraction of sp³-hybridized carbons (Fsp3) is 0.280. The van der Waals surface area contributed by atoms with Gasteiger partial charge in [-0.3, -0.25) is 4.79 Å². The molecule has 2 aromatic rings. The molecule has 2 aromatic carbocycles. The first-order valence-electron chi connectivity index (χ1n) is 9.72. The van der Waals surface area contributed by atoms with E-state index in [4.69, 9.17) is 0 Å². The number of ketones is 1. The molecule has 0 aromatic heterocycles. The standard InChI is InChI=1S/C20H20N2O2.C2H5N.C2H6.CH4/c23-19-10-7-15(8-11-19)6-9-17-12-20(24)13-18(22-17)14-21-16-4-2-1-3-5-16;1-3-2;1-2;/h1-5,7-11,13,21-23H,6,12,14H2;1H2,2H3;1-2H3;1H4/b17-9+;;;.